The summed E-state index contributed by atoms with van der Waals surface area (Å²) in [6.45, 7) is 1.92. The molecule has 3 rings (SSSR count). The maximum atomic E-state index is 13.7. The third-order valence-electron chi connectivity index (χ3n) is 4.38. The van der Waals surface area contributed by atoms with Crippen molar-refractivity contribution in [1.29, 1.82) is 0 Å². The monoisotopic (exact) mass is 344 g/mol. The molecule has 130 valence electrons. The molecule has 1 nitrogen and oxygen atoms in total. The van der Waals surface area contributed by atoms with Crippen LogP contribution in [0.1, 0.15) is 29.5 Å². The predicted octanol–water partition coefficient (Wildman–Crippen LogP) is 6.20. The van der Waals surface area contributed by atoms with Crippen LogP contribution in [0.5, 0.6) is 5.75 Å². The van der Waals surface area contributed by atoms with Gasteiger partial charge in [0.25, 0.3) is 0 Å². The van der Waals surface area contributed by atoms with Crippen molar-refractivity contribution in [3.63, 3.8) is 0 Å². The molecular weight excluding hydrogens is 325 g/mol. The molecule has 0 saturated carbocycles. The van der Waals surface area contributed by atoms with E-state index in [1.54, 1.807) is 37.4 Å². The van der Waals surface area contributed by atoms with E-state index in [0.717, 1.165) is 11.1 Å². The summed E-state index contributed by atoms with van der Waals surface area (Å²) < 4.78 is 46.2. The molecule has 25 heavy (non-hydrogen) atoms. The third-order valence-corrected chi connectivity index (χ3v) is 4.38. The van der Waals surface area contributed by atoms with E-state index in [-0.39, 0.29) is 5.57 Å². The lowest BCUT2D eigenvalue weighted by atomic mass is 9.82. The van der Waals surface area contributed by atoms with Crippen LogP contribution in [0.25, 0.3) is 11.1 Å². The molecule has 0 aliphatic heterocycles. The number of allylic oxidation sites excluding steroid dienone is 4. The van der Waals surface area contributed by atoms with Crippen molar-refractivity contribution in [2.24, 2.45) is 0 Å². The van der Waals surface area contributed by atoms with E-state index < -0.39 is 11.7 Å². The first-order chi connectivity index (χ1) is 11.9. The lowest BCUT2D eigenvalue weighted by molar-refractivity contribution is -0.0874. The Kier molecular flexibility index (Phi) is 4.71. The van der Waals surface area contributed by atoms with E-state index in [4.69, 9.17) is 4.74 Å². The van der Waals surface area contributed by atoms with Gasteiger partial charge in [0.2, 0.25) is 0 Å². The zero-order valence-corrected chi connectivity index (χ0v) is 14.2. The Morgan fingerprint density at radius 2 is 1.68 bits per heavy atom. The summed E-state index contributed by atoms with van der Waals surface area (Å²) in [5, 5.41) is 0. The highest BCUT2D eigenvalue weighted by Crippen LogP contribution is 2.45. The lowest BCUT2D eigenvalue weighted by Gasteiger charge is -2.25. The number of halogens is 3. The zero-order chi connectivity index (χ0) is 18.0. The molecular formula is C21H19F3O. The Labute approximate surface area is 145 Å². The molecule has 2 aromatic rings. The van der Waals surface area contributed by atoms with Crippen LogP contribution in [0, 0.1) is 6.92 Å². The lowest BCUT2D eigenvalue weighted by Crippen LogP contribution is -2.17. The van der Waals surface area contributed by atoms with Crippen LogP contribution < -0.4 is 4.74 Å². The number of benzene rings is 2. The highest BCUT2D eigenvalue weighted by Gasteiger charge is 2.38. The number of hydrogen-bond donors (Lipinski definition) is 0. The Balaban J connectivity index is 2.23. The van der Waals surface area contributed by atoms with Crippen molar-refractivity contribution in [1.82, 2.24) is 0 Å². The summed E-state index contributed by atoms with van der Waals surface area (Å²) in [6.07, 6.45) is -2.14. The fourth-order valence-corrected chi connectivity index (χ4v) is 3.16. The van der Waals surface area contributed by atoms with Crippen LogP contribution in [0.15, 0.2) is 60.2 Å². The molecule has 0 bridgehead atoms. The van der Waals surface area contributed by atoms with Crippen molar-refractivity contribution in [2.45, 2.75) is 25.9 Å². The molecule has 0 heterocycles. The first-order valence-corrected chi connectivity index (χ1v) is 8.12. The van der Waals surface area contributed by atoms with Crippen LogP contribution in [0.3, 0.4) is 0 Å². The zero-order valence-electron chi connectivity index (χ0n) is 14.2. The van der Waals surface area contributed by atoms with E-state index in [1.165, 1.54) is 6.08 Å². The van der Waals surface area contributed by atoms with Gasteiger partial charge in [-0.2, -0.15) is 13.2 Å². The molecule has 0 amide bonds. The highest BCUT2D eigenvalue weighted by atomic mass is 19.4. The molecule has 0 N–H and O–H groups in total. The summed E-state index contributed by atoms with van der Waals surface area (Å²) in [6, 6.07) is 14.4. The second kappa shape index (κ2) is 6.79. The van der Waals surface area contributed by atoms with E-state index in [0.29, 0.717) is 29.7 Å². The number of aryl methyl sites for hydroxylation is 1. The first kappa shape index (κ1) is 17.3. The number of ether oxygens (including phenoxy) is 1. The summed E-state index contributed by atoms with van der Waals surface area (Å²) in [7, 11) is 1.55. The van der Waals surface area contributed by atoms with Gasteiger partial charge in [-0.1, -0.05) is 48.0 Å². The van der Waals surface area contributed by atoms with Gasteiger partial charge in [-0.05, 0) is 54.2 Å². The van der Waals surface area contributed by atoms with Crippen LogP contribution in [0.2, 0.25) is 0 Å². The number of alkyl halides is 3. The molecule has 0 spiro atoms. The number of hydrogen-bond acceptors (Lipinski definition) is 1. The van der Waals surface area contributed by atoms with Crippen molar-refractivity contribution < 1.29 is 17.9 Å². The van der Waals surface area contributed by atoms with Crippen LogP contribution in [-0.2, 0) is 0 Å². The molecule has 0 aromatic heterocycles. The Hall–Kier alpha value is -2.49. The minimum Gasteiger partial charge on any atom is -0.497 e. The molecule has 0 saturated heterocycles. The number of rotatable bonds is 3. The first-order valence-electron chi connectivity index (χ1n) is 8.12. The Morgan fingerprint density at radius 1 is 0.960 bits per heavy atom. The average molecular weight is 344 g/mol. The molecule has 0 unspecified atom stereocenters. The van der Waals surface area contributed by atoms with Gasteiger partial charge in [-0.3, -0.25) is 0 Å². The van der Waals surface area contributed by atoms with Gasteiger partial charge in [0, 0.05) is 0 Å². The van der Waals surface area contributed by atoms with Gasteiger partial charge in [0.1, 0.15) is 5.75 Å². The van der Waals surface area contributed by atoms with Crippen molar-refractivity contribution in [2.75, 3.05) is 7.11 Å². The van der Waals surface area contributed by atoms with Crippen molar-refractivity contribution in [3.8, 4) is 5.75 Å². The molecule has 1 aliphatic rings. The highest BCUT2D eigenvalue weighted by molar-refractivity contribution is 6.00. The van der Waals surface area contributed by atoms with Crippen LogP contribution in [-0.4, -0.2) is 13.3 Å². The molecule has 1 aliphatic carbocycles. The molecule has 0 fully saturated rings. The van der Waals surface area contributed by atoms with E-state index in [2.05, 4.69) is 0 Å². The molecule has 0 atom stereocenters. The van der Waals surface area contributed by atoms with Crippen LogP contribution in [0.4, 0.5) is 13.2 Å². The summed E-state index contributed by atoms with van der Waals surface area (Å²) in [5.41, 5.74) is 2.79. The van der Waals surface area contributed by atoms with Gasteiger partial charge in [-0.15, -0.1) is 0 Å². The summed E-state index contributed by atoms with van der Waals surface area (Å²) in [5.74, 6) is 0.636. The average Bonchev–Trinajstić information content (AvgIpc) is 2.61. The van der Waals surface area contributed by atoms with Crippen molar-refractivity contribution >= 4 is 11.1 Å². The topological polar surface area (TPSA) is 9.23 Å². The van der Waals surface area contributed by atoms with E-state index in [1.807, 2.05) is 25.1 Å². The molecule has 4 heteroatoms. The van der Waals surface area contributed by atoms with Gasteiger partial charge >= 0.3 is 6.18 Å². The predicted molar refractivity (Wildman–Crippen MR) is 94.4 cm³/mol. The fraction of sp³-hybridized carbons (Fsp3) is 0.238. The maximum absolute atomic E-state index is 13.7. The summed E-state index contributed by atoms with van der Waals surface area (Å²) in [4.78, 5) is 0. The summed E-state index contributed by atoms with van der Waals surface area (Å²) >= 11 is 0. The second-order valence-corrected chi connectivity index (χ2v) is 6.11. The van der Waals surface area contributed by atoms with E-state index >= 15 is 0 Å². The largest absolute Gasteiger partial charge is 0.497 e. The SMILES string of the molecule is COc1cccc(C2=C(c3ccc(C)cc3)C(C(F)(F)F)=CCC2)c1. The smallest absolute Gasteiger partial charge is 0.416 e. The Morgan fingerprint density at radius 3 is 2.32 bits per heavy atom. The van der Waals surface area contributed by atoms with Gasteiger partial charge < -0.3 is 4.74 Å². The second-order valence-electron chi connectivity index (χ2n) is 6.11. The quantitative estimate of drug-likeness (QED) is 0.644. The van der Waals surface area contributed by atoms with Gasteiger partial charge in [0.15, 0.2) is 0 Å². The standard InChI is InChI=1S/C21H19F3O/c1-14-9-11-15(12-10-14)20-18(7-4-8-19(20)21(22,23)24)16-5-3-6-17(13-16)25-2/h3,5-6,8-13H,4,7H2,1-2H3. The molecule has 0 radical (unpaired) electrons. The maximum Gasteiger partial charge on any atom is 0.416 e. The van der Waals surface area contributed by atoms with Gasteiger partial charge in [0.05, 0.1) is 12.7 Å². The fourth-order valence-electron chi connectivity index (χ4n) is 3.16. The number of methoxy groups -OCH3 is 1. The minimum absolute atomic E-state index is 0.270. The molecule has 2 aromatic carbocycles. The van der Waals surface area contributed by atoms with Gasteiger partial charge in [-0.25, -0.2) is 0 Å². The van der Waals surface area contributed by atoms with E-state index in [9.17, 15) is 13.2 Å². The third kappa shape index (κ3) is 3.63. The Bertz CT molecular complexity index is 827. The normalized spacial score (nSPS) is 15.2. The van der Waals surface area contributed by atoms with Crippen LogP contribution >= 0.6 is 0 Å². The van der Waals surface area contributed by atoms with Crippen molar-refractivity contribution in [3.05, 3.63) is 76.9 Å². The minimum atomic E-state index is -4.38.